The second-order valence-corrected chi connectivity index (χ2v) is 4.17. The minimum absolute atomic E-state index is 0.848. The number of hydrogen-bond donors (Lipinski definition) is 0. The fourth-order valence-corrected chi connectivity index (χ4v) is 2.09. The van der Waals surface area contributed by atoms with Crippen molar-refractivity contribution in [2.45, 2.75) is 13.0 Å². The quantitative estimate of drug-likeness (QED) is 0.717. The minimum Gasteiger partial charge on any atom is -0.288 e. The Labute approximate surface area is 95.5 Å². The van der Waals surface area contributed by atoms with Gasteiger partial charge in [0.05, 0.1) is 6.54 Å². The SMILES string of the molecule is C1=NCc2ccc(Cc3ccccc3)cc21. The monoisotopic (exact) mass is 207 g/mol. The summed E-state index contributed by atoms with van der Waals surface area (Å²) in [4.78, 5) is 4.27. The predicted molar refractivity (Wildman–Crippen MR) is 67.0 cm³/mol. The topological polar surface area (TPSA) is 12.4 Å². The smallest absolute Gasteiger partial charge is 0.0646 e. The first-order valence-corrected chi connectivity index (χ1v) is 5.57. The summed E-state index contributed by atoms with van der Waals surface area (Å²) in [6, 6.07) is 17.2. The van der Waals surface area contributed by atoms with Crippen molar-refractivity contribution in [2.75, 3.05) is 0 Å². The normalized spacial score (nSPS) is 12.8. The van der Waals surface area contributed by atoms with Gasteiger partial charge in [-0.2, -0.15) is 0 Å². The Morgan fingerprint density at radius 2 is 1.81 bits per heavy atom. The maximum Gasteiger partial charge on any atom is 0.0646 e. The van der Waals surface area contributed by atoms with Crippen molar-refractivity contribution in [2.24, 2.45) is 4.99 Å². The molecule has 0 spiro atoms. The van der Waals surface area contributed by atoms with E-state index in [0.29, 0.717) is 0 Å². The highest BCUT2D eigenvalue weighted by molar-refractivity contribution is 5.84. The lowest BCUT2D eigenvalue weighted by atomic mass is 10.0. The van der Waals surface area contributed by atoms with Crippen LogP contribution in [-0.4, -0.2) is 6.21 Å². The average molecular weight is 207 g/mol. The van der Waals surface area contributed by atoms with Gasteiger partial charge in [-0.05, 0) is 34.7 Å². The fraction of sp³-hybridized carbons (Fsp3) is 0.133. The largest absolute Gasteiger partial charge is 0.288 e. The van der Waals surface area contributed by atoms with E-state index in [1.165, 1.54) is 22.3 Å². The zero-order chi connectivity index (χ0) is 10.8. The summed E-state index contributed by atoms with van der Waals surface area (Å²) >= 11 is 0. The molecule has 1 heteroatoms. The van der Waals surface area contributed by atoms with Crippen molar-refractivity contribution < 1.29 is 0 Å². The van der Waals surface area contributed by atoms with E-state index < -0.39 is 0 Å². The zero-order valence-corrected chi connectivity index (χ0v) is 9.06. The summed E-state index contributed by atoms with van der Waals surface area (Å²) in [6.45, 7) is 0.848. The molecule has 0 N–H and O–H groups in total. The highest BCUT2D eigenvalue weighted by atomic mass is 14.7. The maximum absolute atomic E-state index is 4.27. The van der Waals surface area contributed by atoms with Crippen LogP contribution < -0.4 is 0 Å². The second kappa shape index (κ2) is 3.93. The van der Waals surface area contributed by atoms with Gasteiger partial charge in [0.2, 0.25) is 0 Å². The molecule has 0 radical (unpaired) electrons. The molecule has 3 rings (SSSR count). The van der Waals surface area contributed by atoms with Crippen molar-refractivity contribution in [3.05, 3.63) is 70.8 Å². The van der Waals surface area contributed by atoms with E-state index in [-0.39, 0.29) is 0 Å². The van der Waals surface area contributed by atoms with Gasteiger partial charge in [-0.3, -0.25) is 4.99 Å². The maximum atomic E-state index is 4.27. The van der Waals surface area contributed by atoms with E-state index in [9.17, 15) is 0 Å². The molecule has 0 atom stereocenters. The average Bonchev–Trinajstić information content (AvgIpc) is 2.77. The van der Waals surface area contributed by atoms with E-state index in [4.69, 9.17) is 0 Å². The third-order valence-electron chi connectivity index (χ3n) is 2.95. The van der Waals surface area contributed by atoms with Gasteiger partial charge in [-0.25, -0.2) is 0 Å². The van der Waals surface area contributed by atoms with Crippen LogP contribution in [-0.2, 0) is 13.0 Å². The molecule has 78 valence electrons. The van der Waals surface area contributed by atoms with Gasteiger partial charge in [0.15, 0.2) is 0 Å². The summed E-state index contributed by atoms with van der Waals surface area (Å²) in [7, 11) is 0. The summed E-state index contributed by atoms with van der Waals surface area (Å²) in [5.74, 6) is 0. The van der Waals surface area contributed by atoms with Gasteiger partial charge in [0, 0.05) is 6.21 Å². The molecule has 2 aromatic rings. The molecular formula is C15H13N. The molecule has 0 aliphatic carbocycles. The molecule has 0 bridgehead atoms. The zero-order valence-electron chi connectivity index (χ0n) is 9.06. The van der Waals surface area contributed by atoms with E-state index in [1.54, 1.807) is 0 Å². The highest BCUT2D eigenvalue weighted by Crippen LogP contribution is 2.18. The Morgan fingerprint density at radius 1 is 0.938 bits per heavy atom. The van der Waals surface area contributed by atoms with Crippen LogP contribution in [0.5, 0.6) is 0 Å². The Bertz CT molecular complexity index is 526. The molecule has 0 saturated heterocycles. The first kappa shape index (κ1) is 9.34. The van der Waals surface area contributed by atoms with Crippen molar-refractivity contribution >= 4 is 6.21 Å². The lowest BCUT2D eigenvalue weighted by Crippen LogP contribution is -1.91. The van der Waals surface area contributed by atoms with Crippen LogP contribution in [0.15, 0.2) is 53.5 Å². The molecule has 0 fully saturated rings. The number of aliphatic imine (C=N–C) groups is 1. The van der Waals surface area contributed by atoms with Crippen LogP contribution in [0.1, 0.15) is 22.3 Å². The van der Waals surface area contributed by atoms with Crippen LogP contribution in [0.4, 0.5) is 0 Å². The molecule has 16 heavy (non-hydrogen) atoms. The summed E-state index contributed by atoms with van der Waals surface area (Å²) in [5.41, 5.74) is 5.35. The third kappa shape index (κ3) is 1.76. The molecule has 0 unspecified atom stereocenters. The Balaban J connectivity index is 1.88. The van der Waals surface area contributed by atoms with Crippen molar-refractivity contribution in [3.63, 3.8) is 0 Å². The number of fused-ring (bicyclic) bond motifs is 1. The van der Waals surface area contributed by atoms with Gasteiger partial charge in [-0.1, -0.05) is 42.5 Å². The number of rotatable bonds is 2. The molecular weight excluding hydrogens is 194 g/mol. The first-order chi connectivity index (χ1) is 7.92. The summed E-state index contributed by atoms with van der Waals surface area (Å²) in [6.07, 6.45) is 2.98. The van der Waals surface area contributed by atoms with Crippen LogP contribution in [0.3, 0.4) is 0 Å². The lowest BCUT2D eigenvalue weighted by Gasteiger charge is -2.04. The second-order valence-electron chi connectivity index (χ2n) is 4.17. The van der Waals surface area contributed by atoms with Gasteiger partial charge >= 0.3 is 0 Å². The van der Waals surface area contributed by atoms with Crippen LogP contribution in [0.25, 0.3) is 0 Å². The molecule has 2 aromatic carbocycles. The number of benzene rings is 2. The molecule has 1 aliphatic heterocycles. The highest BCUT2D eigenvalue weighted by Gasteiger charge is 2.06. The van der Waals surface area contributed by atoms with Crippen LogP contribution in [0, 0.1) is 0 Å². The Kier molecular flexibility index (Phi) is 2.30. The van der Waals surface area contributed by atoms with E-state index in [2.05, 4.69) is 53.5 Å². The van der Waals surface area contributed by atoms with Crippen LogP contribution >= 0.6 is 0 Å². The third-order valence-corrected chi connectivity index (χ3v) is 2.95. The molecule has 1 aliphatic rings. The van der Waals surface area contributed by atoms with Gasteiger partial charge in [0.1, 0.15) is 0 Å². The molecule has 0 aromatic heterocycles. The Hall–Kier alpha value is -1.89. The standard InChI is InChI=1S/C15H13N/c1-2-4-12(5-3-1)8-13-6-7-14-10-16-11-15(14)9-13/h1-7,9,11H,8,10H2. The van der Waals surface area contributed by atoms with Crippen molar-refractivity contribution in [3.8, 4) is 0 Å². The first-order valence-electron chi connectivity index (χ1n) is 5.57. The predicted octanol–water partition coefficient (Wildman–Crippen LogP) is 3.21. The summed E-state index contributed by atoms with van der Waals surface area (Å²) in [5, 5.41) is 0. The van der Waals surface area contributed by atoms with E-state index in [0.717, 1.165) is 13.0 Å². The molecule has 1 heterocycles. The van der Waals surface area contributed by atoms with E-state index in [1.807, 2.05) is 6.21 Å². The minimum atomic E-state index is 0.848. The van der Waals surface area contributed by atoms with Gasteiger partial charge in [-0.15, -0.1) is 0 Å². The van der Waals surface area contributed by atoms with Crippen LogP contribution in [0.2, 0.25) is 0 Å². The number of nitrogens with zero attached hydrogens (tertiary/aromatic N) is 1. The lowest BCUT2D eigenvalue weighted by molar-refractivity contribution is 1.10. The van der Waals surface area contributed by atoms with E-state index >= 15 is 0 Å². The molecule has 1 nitrogen and oxygen atoms in total. The number of hydrogen-bond acceptors (Lipinski definition) is 1. The summed E-state index contributed by atoms with van der Waals surface area (Å²) < 4.78 is 0. The van der Waals surface area contributed by atoms with Gasteiger partial charge < -0.3 is 0 Å². The molecule has 0 saturated carbocycles. The Morgan fingerprint density at radius 3 is 2.69 bits per heavy atom. The van der Waals surface area contributed by atoms with Crippen molar-refractivity contribution in [1.82, 2.24) is 0 Å². The van der Waals surface area contributed by atoms with Crippen molar-refractivity contribution in [1.29, 1.82) is 0 Å². The molecule has 0 amide bonds. The van der Waals surface area contributed by atoms with Gasteiger partial charge in [0.25, 0.3) is 0 Å². The fourth-order valence-electron chi connectivity index (χ4n) is 2.09.